The minimum Gasteiger partial charge on any atom is -0.481 e. The smallest absolute Gasteiger partial charge is 0.319 e. The molecule has 0 bridgehead atoms. The number of hydrogen-bond donors (Lipinski definition) is 3. The van der Waals surface area contributed by atoms with Crippen molar-refractivity contribution in [1.29, 1.82) is 0 Å². The predicted molar refractivity (Wildman–Crippen MR) is 78.9 cm³/mol. The van der Waals surface area contributed by atoms with Crippen molar-refractivity contribution in [3.63, 3.8) is 0 Å². The second kappa shape index (κ2) is 8.19. The lowest BCUT2D eigenvalue weighted by Crippen LogP contribution is -2.37. The zero-order valence-corrected chi connectivity index (χ0v) is 12.0. The summed E-state index contributed by atoms with van der Waals surface area (Å²) in [6.07, 6.45) is 2.21. The number of amides is 2. The molecule has 0 saturated heterocycles. The Kier molecular flexibility index (Phi) is 6.56. The van der Waals surface area contributed by atoms with Crippen molar-refractivity contribution < 1.29 is 14.7 Å². The van der Waals surface area contributed by atoms with Crippen LogP contribution in [0.15, 0.2) is 24.3 Å². The molecule has 0 unspecified atom stereocenters. The number of carboxylic acid groups (broad SMARTS) is 1. The van der Waals surface area contributed by atoms with Crippen LogP contribution in [0.5, 0.6) is 0 Å². The molecule has 0 aliphatic rings. The lowest BCUT2D eigenvalue weighted by molar-refractivity contribution is -0.136. The van der Waals surface area contributed by atoms with Crippen LogP contribution in [-0.4, -0.2) is 23.1 Å². The average Bonchev–Trinajstić information content (AvgIpc) is 2.43. The number of aryl methyl sites for hydroxylation is 1. The standard InChI is InChI=1S/C15H22N2O3/c1-3-12(4-2)16-15(20)17-13-8-6-5-7-11(13)9-10-14(18)19/h5-8,12H,3-4,9-10H2,1-2H3,(H,18,19)(H2,16,17,20). The Balaban J connectivity index is 2.66. The molecule has 0 radical (unpaired) electrons. The zero-order valence-electron chi connectivity index (χ0n) is 12.0. The van der Waals surface area contributed by atoms with E-state index >= 15 is 0 Å². The Morgan fingerprint density at radius 1 is 1.20 bits per heavy atom. The van der Waals surface area contributed by atoms with E-state index in [0.29, 0.717) is 12.1 Å². The Morgan fingerprint density at radius 3 is 2.45 bits per heavy atom. The Labute approximate surface area is 119 Å². The highest BCUT2D eigenvalue weighted by molar-refractivity contribution is 5.90. The van der Waals surface area contributed by atoms with Crippen LogP contribution < -0.4 is 10.6 Å². The lowest BCUT2D eigenvalue weighted by atomic mass is 10.1. The van der Waals surface area contributed by atoms with E-state index in [-0.39, 0.29) is 18.5 Å². The molecule has 1 aromatic rings. The summed E-state index contributed by atoms with van der Waals surface area (Å²) < 4.78 is 0. The molecule has 1 rings (SSSR count). The highest BCUT2D eigenvalue weighted by atomic mass is 16.4. The van der Waals surface area contributed by atoms with Crippen LogP contribution in [-0.2, 0) is 11.2 Å². The van der Waals surface area contributed by atoms with Gasteiger partial charge in [0.15, 0.2) is 0 Å². The summed E-state index contributed by atoms with van der Waals surface area (Å²) in [7, 11) is 0. The summed E-state index contributed by atoms with van der Waals surface area (Å²) in [5, 5.41) is 14.4. The van der Waals surface area contributed by atoms with Crippen LogP contribution in [0.1, 0.15) is 38.7 Å². The van der Waals surface area contributed by atoms with Crippen molar-refractivity contribution in [2.75, 3.05) is 5.32 Å². The second-order valence-electron chi connectivity index (χ2n) is 4.66. The molecule has 1 aromatic carbocycles. The number of urea groups is 1. The van der Waals surface area contributed by atoms with Gasteiger partial charge in [-0.2, -0.15) is 0 Å². The fourth-order valence-electron chi connectivity index (χ4n) is 1.94. The van der Waals surface area contributed by atoms with Crippen LogP contribution in [0, 0.1) is 0 Å². The van der Waals surface area contributed by atoms with E-state index in [0.717, 1.165) is 18.4 Å². The molecule has 0 spiro atoms. The molecule has 0 fully saturated rings. The topological polar surface area (TPSA) is 78.4 Å². The number of benzene rings is 1. The van der Waals surface area contributed by atoms with Crippen molar-refractivity contribution >= 4 is 17.7 Å². The molecule has 0 heterocycles. The number of carbonyl (C=O) groups excluding carboxylic acids is 1. The molecule has 0 aliphatic carbocycles. The third-order valence-electron chi connectivity index (χ3n) is 3.19. The maximum atomic E-state index is 11.9. The van der Waals surface area contributed by atoms with Gasteiger partial charge in [0.25, 0.3) is 0 Å². The molecular weight excluding hydrogens is 256 g/mol. The van der Waals surface area contributed by atoms with Gasteiger partial charge in [0.1, 0.15) is 0 Å². The molecule has 0 atom stereocenters. The molecule has 5 heteroatoms. The van der Waals surface area contributed by atoms with Crippen molar-refractivity contribution in [2.24, 2.45) is 0 Å². The minimum absolute atomic E-state index is 0.0485. The Bertz CT molecular complexity index is 456. The van der Waals surface area contributed by atoms with E-state index in [1.165, 1.54) is 0 Å². The van der Waals surface area contributed by atoms with E-state index in [2.05, 4.69) is 10.6 Å². The number of anilines is 1. The highest BCUT2D eigenvalue weighted by Gasteiger charge is 2.10. The molecule has 0 saturated carbocycles. The molecule has 110 valence electrons. The summed E-state index contributed by atoms with van der Waals surface area (Å²) in [6.45, 7) is 4.05. The minimum atomic E-state index is -0.846. The van der Waals surface area contributed by atoms with Gasteiger partial charge in [-0.05, 0) is 30.9 Å². The molecule has 2 amide bonds. The quantitative estimate of drug-likeness (QED) is 0.717. The van der Waals surface area contributed by atoms with Gasteiger partial charge >= 0.3 is 12.0 Å². The molecule has 5 nitrogen and oxygen atoms in total. The average molecular weight is 278 g/mol. The SMILES string of the molecule is CCC(CC)NC(=O)Nc1ccccc1CCC(=O)O. The van der Waals surface area contributed by atoms with Gasteiger partial charge in [0.2, 0.25) is 0 Å². The molecule has 3 N–H and O–H groups in total. The summed E-state index contributed by atoms with van der Waals surface area (Å²) in [5.41, 5.74) is 1.49. The van der Waals surface area contributed by atoms with Crippen LogP contribution >= 0.6 is 0 Å². The van der Waals surface area contributed by atoms with E-state index in [1.807, 2.05) is 32.0 Å². The number of carbonyl (C=O) groups is 2. The summed E-state index contributed by atoms with van der Waals surface area (Å²) in [5.74, 6) is -0.846. The van der Waals surface area contributed by atoms with Crippen molar-refractivity contribution in [2.45, 2.75) is 45.6 Å². The van der Waals surface area contributed by atoms with Crippen molar-refractivity contribution in [1.82, 2.24) is 5.32 Å². The maximum Gasteiger partial charge on any atom is 0.319 e. The zero-order chi connectivity index (χ0) is 15.0. The highest BCUT2D eigenvalue weighted by Crippen LogP contribution is 2.16. The number of rotatable bonds is 7. The van der Waals surface area contributed by atoms with E-state index in [9.17, 15) is 9.59 Å². The number of hydrogen-bond acceptors (Lipinski definition) is 2. The Hall–Kier alpha value is -2.04. The fourth-order valence-corrected chi connectivity index (χ4v) is 1.94. The van der Waals surface area contributed by atoms with Gasteiger partial charge in [-0.3, -0.25) is 4.79 Å². The van der Waals surface area contributed by atoms with Crippen molar-refractivity contribution in [3.05, 3.63) is 29.8 Å². The van der Waals surface area contributed by atoms with E-state index in [4.69, 9.17) is 5.11 Å². The first-order valence-corrected chi connectivity index (χ1v) is 6.94. The third kappa shape index (κ3) is 5.30. The van der Waals surface area contributed by atoms with Gasteiger partial charge in [-0.1, -0.05) is 32.0 Å². The lowest BCUT2D eigenvalue weighted by Gasteiger charge is -2.16. The molecule has 0 aliphatic heterocycles. The van der Waals surface area contributed by atoms with Gasteiger partial charge < -0.3 is 15.7 Å². The van der Waals surface area contributed by atoms with Crippen molar-refractivity contribution in [3.8, 4) is 0 Å². The molecule has 20 heavy (non-hydrogen) atoms. The van der Waals surface area contributed by atoms with E-state index < -0.39 is 5.97 Å². The third-order valence-corrected chi connectivity index (χ3v) is 3.19. The summed E-state index contributed by atoms with van der Waals surface area (Å²) in [6, 6.07) is 7.17. The predicted octanol–water partition coefficient (Wildman–Crippen LogP) is 3.01. The van der Waals surface area contributed by atoms with Gasteiger partial charge in [0.05, 0.1) is 0 Å². The maximum absolute atomic E-state index is 11.9. The van der Waals surface area contributed by atoms with Crippen LogP contribution in [0.3, 0.4) is 0 Å². The molecular formula is C15H22N2O3. The fraction of sp³-hybridized carbons (Fsp3) is 0.467. The number of nitrogens with one attached hydrogen (secondary N) is 2. The van der Waals surface area contributed by atoms with E-state index in [1.54, 1.807) is 6.07 Å². The number of aliphatic carboxylic acids is 1. The van der Waals surface area contributed by atoms with Gasteiger partial charge in [-0.15, -0.1) is 0 Å². The normalized spacial score (nSPS) is 10.3. The van der Waals surface area contributed by atoms with Crippen LogP contribution in [0.4, 0.5) is 10.5 Å². The first-order chi connectivity index (χ1) is 9.56. The first-order valence-electron chi connectivity index (χ1n) is 6.94. The monoisotopic (exact) mass is 278 g/mol. The van der Waals surface area contributed by atoms with Gasteiger partial charge in [-0.25, -0.2) is 4.79 Å². The van der Waals surface area contributed by atoms with Crippen LogP contribution in [0.25, 0.3) is 0 Å². The summed E-state index contributed by atoms with van der Waals surface area (Å²) >= 11 is 0. The molecule has 0 aromatic heterocycles. The number of para-hydroxylation sites is 1. The Morgan fingerprint density at radius 2 is 1.85 bits per heavy atom. The number of carboxylic acids is 1. The first kappa shape index (κ1) is 16.0. The van der Waals surface area contributed by atoms with Gasteiger partial charge in [0, 0.05) is 18.2 Å². The largest absolute Gasteiger partial charge is 0.481 e. The second-order valence-corrected chi connectivity index (χ2v) is 4.66. The summed E-state index contributed by atoms with van der Waals surface area (Å²) in [4.78, 5) is 22.5. The van der Waals surface area contributed by atoms with Crippen LogP contribution in [0.2, 0.25) is 0 Å².